The zero-order valence-corrected chi connectivity index (χ0v) is 16.1. The van der Waals surface area contributed by atoms with Crippen LogP contribution in [-0.2, 0) is 11.2 Å². The Morgan fingerprint density at radius 1 is 0.964 bits per heavy atom. The van der Waals surface area contributed by atoms with Gasteiger partial charge in [0.15, 0.2) is 11.5 Å². The highest BCUT2D eigenvalue weighted by atomic mass is 16.5. The standard InChI is InChI=1S/C21H24N2O5/c1-25-17-4-6-18(7-5-17)27-13-14-28-20-15-16(3-8-19(20)26-2)10-12-23-21(24)9-11-22/h3-8,15H,9-10,12-14H2,1-2H3,(H,23,24). The van der Waals surface area contributed by atoms with Gasteiger partial charge in [-0.15, -0.1) is 0 Å². The van der Waals surface area contributed by atoms with E-state index in [0.717, 1.165) is 17.1 Å². The first kappa shape index (κ1) is 20.9. The average Bonchev–Trinajstić information content (AvgIpc) is 2.72. The Balaban J connectivity index is 1.83. The smallest absolute Gasteiger partial charge is 0.234 e. The van der Waals surface area contributed by atoms with Gasteiger partial charge in [0.2, 0.25) is 5.91 Å². The molecule has 0 atom stereocenters. The number of hydrogen-bond acceptors (Lipinski definition) is 6. The van der Waals surface area contributed by atoms with Crippen LogP contribution in [0.4, 0.5) is 0 Å². The highest BCUT2D eigenvalue weighted by molar-refractivity contribution is 5.77. The Labute approximate surface area is 164 Å². The van der Waals surface area contributed by atoms with E-state index in [1.807, 2.05) is 48.5 Å². The van der Waals surface area contributed by atoms with Crippen molar-refractivity contribution in [2.75, 3.05) is 34.0 Å². The van der Waals surface area contributed by atoms with Crippen LogP contribution < -0.4 is 24.3 Å². The summed E-state index contributed by atoms with van der Waals surface area (Å²) in [6, 6.07) is 14.8. The summed E-state index contributed by atoms with van der Waals surface area (Å²) in [5.41, 5.74) is 0.990. The molecular formula is C21H24N2O5. The number of nitrogens with zero attached hydrogens (tertiary/aromatic N) is 1. The molecule has 0 aliphatic rings. The van der Waals surface area contributed by atoms with Crippen LogP contribution in [0.25, 0.3) is 0 Å². The molecule has 0 unspecified atom stereocenters. The van der Waals surface area contributed by atoms with Crippen LogP contribution in [0.5, 0.6) is 23.0 Å². The van der Waals surface area contributed by atoms with Crippen molar-refractivity contribution >= 4 is 5.91 Å². The predicted molar refractivity (Wildman–Crippen MR) is 104 cm³/mol. The van der Waals surface area contributed by atoms with Crippen molar-refractivity contribution in [3.8, 4) is 29.1 Å². The van der Waals surface area contributed by atoms with E-state index in [4.69, 9.17) is 24.2 Å². The normalized spacial score (nSPS) is 9.89. The van der Waals surface area contributed by atoms with Gasteiger partial charge >= 0.3 is 0 Å². The summed E-state index contributed by atoms with van der Waals surface area (Å²) in [6.07, 6.45) is 0.491. The molecular weight excluding hydrogens is 360 g/mol. The first-order chi connectivity index (χ1) is 13.7. The van der Waals surface area contributed by atoms with Crippen molar-refractivity contribution < 1.29 is 23.7 Å². The average molecular weight is 384 g/mol. The fourth-order valence-corrected chi connectivity index (χ4v) is 2.45. The summed E-state index contributed by atoms with van der Waals surface area (Å²) in [7, 11) is 3.20. The van der Waals surface area contributed by atoms with Crippen LogP contribution in [0.1, 0.15) is 12.0 Å². The van der Waals surface area contributed by atoms with Gasteiger partial charge in [0.25, 0.3) is 0 Å². The molecule has 7 nitrogen and oxygen atoms in total. The Hall–Kier alpha value is -3.40. The Kier molecular flexibility index (Phi) is 8.47. The summed E-state index contributed by atoms with van der Waals surface area (Å²) in [5, 5.41) is 11.2. The molecule has 2 aromatic rings. The number of ether oxygens (including phenoxy) is 4. The zero-order valence-electron chi connectivity index (χ0n) is 16.1. The summed E-state index contributed by atoms with van der Waals surface area (Å²) in [4.78, 5) is 11.3. The second-order valence-electron chi connectivity index (χ2n) is 5.79. The monoisotopic (exact) mass is 384 g/mol. The third kappa shape index (κ3) is 6.72. The molecule has 0 aromatic heterocycles. The van der Waals surface area contributed by atoms with Crippen molar-refractivity contribution in [3.05, 3.63) is 48.0 Å². The minimum Gasteiger partial charge on any atom is -0.497 e. The highest BCUT2D eigenvalue weighted by Crippen LogP contribution is 2.28. The Morgan fingerprint density at radius 3 is 2.36 bits per heavy atom. The van der Waals surface area contributed by atoms with Crippen molar-refractivity contribution in [2.24, 2.45) is 0 Å². The first-order valence-electron chi connectivity index (χ1n) is 8.86. The number of nitrogens with one attached hydrogen (secondary N) is 1. The van der Waals surface area contributed by atoms with Gasteiger partial charge in [0.05, 0.1) is 20.3 Å². The van der Waals surface area contributed by atoms with Gasteiger partial charge in [-0.3, -0.25) is 4.79 Å². The lowest BCUT2D eigenvalue weighted by Gasteiger charge is -2.13. The van der Waals surface area contributed by atoms with Crippen molar-refractivity contribution in [2.45, 2.75) is 12.8 Å². The second kappa shape index (κ2) is 11.3. The van der Waals surface area contributed by atoms with Gasteiger partial charge < -0.3 is 24.3 Å². The number of hydrogen-bond donors (Lipinski definition) is 1. The summed E-state index contributed by atoms with van der Waals surface area (Å²) in [5.74, 6) is 2.47. The number of carbonyl (C=O) groups is 1. The maximum Gasteiger partial charge on any atom is 0.234 e. The van der Waals surface area contributed by atoms with Crippen LogP contribution in [0.2, 0.25) is 0 Å². The van der Waals surface area contributed by atoms with E-state index in [1.54, 1.807) is 14.2 Å². The van der Waals surface area contributed by atoms with Crippen LogP contribution >= 0.6 is 0 Å². The fourth-order valence-electron chi connectivity index (χ4n) is 2.45. The Bertz CT molecular complexity index is 799. The van der Waals surface area contributed by atoms with Crippen LogP contribution in [0.15, 0.2) is 42.5 Å². The SMILES string of the molecule is COc1ccc(OCCOc2cc(CCNC(=O)CC#N)ccc2OC)cc1. The van der Waals surface area contributed by atoms with E-state index >= 15 is 0 Å². The first-order valence-corrected chi connectivity index (χ1v) is 8.86. The van der Waals surface area contributed by atoms with Crippen LogP contribution in [-0.4, -0.2) is 39.9 Å². The summed E-state index contributed by atoms with van der Waals surface area (Å²) >= 11 is 0. The molecule has 0 heterocycles. The van der Waals surface area contributed by atoms with Crippen molar-refractivity contribution in [1.82, 2.24) is 5.32 Å². The minimum absolute atomic E-state index is 0.134. The lowest BCUT2D eigenvalue weighted by atomic mass is 10.1. The second-order valence-corrected chi connectivity index (χ2v) is 5.79. The summed E-state index contributed by atoms with van der Waals surface area (Å²) < 4.78 is 21.9. The van der Waals surface area contributed by atoms with Crippen LogP contribution in [0, 0.1) is 11.3 Å². The maximum atomic E-state index is 11.3. The van der Waals surface area contributed by atoms with E-state index < -0.39 is 0 Å². The molecule has 0 bridgehead atoms. The largest absolute Gasteiger partial charge is 0.497 e. The molecule has 0 saturated heterocycles. The molecule has 28 heavy (non-hydrogen) atoms. The van der Waals surface area contributed by atoms with Gasteiger partial charge in [0, 0.05) is 6.54 Å². The lowest BCUT2D eigenvalue weighted by molar-refractivity contribution is -0.120. The van der Waals surface area contributed by atoms with E-state index in [0.29, 0.717) is 37.7 Å². The van der Waals surface area contributed by atoms with E-state index in [1.165, 1.54) is 0 Å². The number of carbonyl (C=O) groups excluding carboxylic acids is 1. The predicted octanol–water partition coefficient (Wildman–Crippen LogP) is 2.73. The van der Waals surface area contributed by atoms with Gasteiger partial charge in [-0.25, -0.2) is 0 Å². The lowest BCUT2D eigenvalue weighted by Crippen LogP contribution is -2.24. The van der Waals surface area contributed by atoms with Gasteiger partial charge in [-0.2, -0.15) is 5.26 Å². The third-order valence-electron chi connectivity index (χ3n) is 3.87. The van der Waals surface area contributed by atoms with E-state index in [-0.39, 0.29) is 12.3 Å². The minimum atomic E-state index is -0.275. The topological polar surface area (TPSA) is 89.8 Å². The van der Waals surface area contributed by atoms with Gasteiger partial charge in [0.1, 0.15) is 31.1 Å². The quantitative estimate of drug-likeness (QED) is 0.599. The molecule has 0 radical (unpaired) electrons. The number of amides is 1. The van der Waals surface area contributed by atoms with E-state index in [9.17, 15) is 4.79 Å². The number of methoxy groups -OCH3 is 2. The molecule has 0 spiro atoms. The molecule has 0 aliphatic carbocycles. The fraction of sp³-hybridized carbons (Fsp3) is 0.333. The van der Waals surface area contributed by atoms with E-state index in [2.05, 4.69) is 5.32 Å². The highest BCUT2D eigenvalue weighted by Gasteiger charge is 2.07. The van der Waals surface area contributed by atoms with Crippen molar-refractivity contribution in [3.63, 3.8) is 0 Å². The zero-order chi connectivity index (χ0) is 20.2. The molecule has 7 heteroatoms. The number of nitriles is 1. The molecule has 0 fully saturated rings. The molecule has 1 N–H and O–H groups in total. The number of rotatable bonds is 11. The van der Waals surface area contributed by atoms with Crippen molar-refractivity contribution in [1.29, 1.82) is 5.26 Å². The maximum absolute atomic E-state index is 11.3. The van der Waals surface area contributed by atoms with Crippen LogP contribution in [0.3, 0.4) is 0 Å². The van der Waals surface area contributed by atoms with Gasteiger partial charge in [-0.1, -0.05) is 6.07 Å². The summed E-state index contributed by atoms with van der Waals surface area (Å²) in [6.45, 7) is 1.18. The van der Waals surface area contributed by atoms with Gasteiger partial charge in [-0.05, 0) is 48.4 Å². The molecule has 148 valence electrons. The Morgan fingerprint density at radius 2 is 1.68 bits per heavy atom. The molecule has 2 aromatic carbocycles. The molecule has 2 rings (SSSR count). The molecule has 0 aliphatic heterocycles. The molecule has 0 saturated carbocycles. The third-order valence-corrected chi connectivity index (χ3v) is 3.87. The molecule has 1 amide bonds. The number of benzene rings is 2.